The van der Waals surface area contributed by atoms with E-state index in [2.05, 4.69) is 19.2 Å². The highest BCUT2D eigenvalue weighted by molar-refractivity contribution is 6.72. The summed E-state index contributed by atoms with van der Waals surface area (Å²) in [5.74, 6) is 5.58. The number of anilines is 1. The van der Waals surface area contributed by atoms with Gasteiger partial charge in [0.25, 0.3) is 0 Å². The fourth-order valence-corrected chi connectivity index (χ4v) is 3.12. The Morgan fingerprint density at radius 3 is 2.58 bits per heavy atom. The minimum atomic E-state index is -2.21. The minimum Gasteiger partial charge on any atom is -0.492 e. The Balaban J connectivity index is 2.68. The number of hydrogen-bond donors (Lipinski definition) is 4. The number of benzene rings is 1. The van der Waals surface area contributed by atoms with Crippen LogP contribution in [0, 0.1) is 6.92 Å². The van der Waals surface area contributed by atoms with Crippen molar-refractivity contribution in [2.45, 2.75) is 51.7 Å². The average Bonchev–Trinajstić information content (AvgIpc) is 2.46. The van der Waals surface area contributed by atoms with Crippen LogP contribution in [0.15, 0.2) is 12.1 Å². The standard InChI is InChI=1S/C16H28ClN3O3Si/c1-11-9-12(17)14(10-13(11)19-15(21)20-18)23-8-6-7-16(2,3)24(4,5)22/h9-10,22H,6-8,18H2,1-5H3,(H2,19,20,21). The second kappa shape index (κ2) is 8.20. The monoisotopic (exact) mass is 373 g/mol. The van der Waals surface area contributed by atoms with Crippen molar-refractivity contribution in [2.24, 2.45) is 5.84 Å². The number of ether oxygens (including phenoxy) is 1. The molecule has 0 aliphatic heterocycles. The summed E-state index contributed by atoms with van der Waals surface area (Å²) >= 11 is 6.20. The summed E-state index contributed by atoms with van der Waals surface area (Å²) in [6, 6.07) is 2.91. The summed E-state index contributed by atoms with van der Waals surface area (Å²) in [4.78, 5) is 21.7. The Morgan fingerprint density at radius 2 is 2.04 bits per heavy atom. The largest absolute Gasteiger partial charge is 0.492 e. The molecule has 0 saturated carbocycles. The smallest absolute Gasteiger partial charge is 0.333 e. The van der Waals surface area contributed by atoms with E-state index in [-0.39, 0.29) is 5.04 Å². The van der Waals surface area contributed by atoms with Crippen LogP contribution in [-0.4, -0.2) is 25.8 Å². The molecule has 0 fully saturated rings. The molecule has 0 bridgehead atoms. The molecule has 136 valence electrons. The summed E-state index contributed by atoms with van der Waals surface area (Å²) in [7, 11) is -2.21. The van der Waals surface area contributed by atoms with E-state index in [1.54, 1.807) is 12.1 Å². The Morgan fingerprint density at radius 1 is 1.42 bits per heavy atom. The second-order valence-electron chi connectivity index (χ2n) is 7.09. The Labute approximate surface area is 149 Å². The Hall–Kier alpha value is -1.28. The van der Waals surface area contributed by atoms with Gasteiger partial charge in [-0.2, -0.15) is 0 Å². The van der Waals surface area contributed by atoms with Crippen molar-refractivity contribution in [3.8, 4) is 5.75 Å². The van der Waals surface area contributed by atoms with E-state index in [1.807, 2.05) is 25.4 Å². The number of urea groups is 1. The van der Waals surface area contributed by atoms with Crippen LogP contribution in [0.2, 0.25) is 23.2 Å². The second-order valence-corrected chi connectivity index (χ2v) is 12.0. The number of hydrogen-bond acceptors (Lipinski definition) is 4. The topological polar surface area (TPSA) is 96.6 Å². The molecule has 0 radical (unpaired) electrons. The van der Waals surface area contributed by atoms with E-state index in [0.29, 0.717) is 23.1 Å². The Bertz CT molecular complexity index is 589. The maximum Gasteiger partial charge on any atom is 0.333 e. The fraction of sp³-hybridized carbons (Fsp3) is 0.562. The number of rotatable bonds is 7. The Kier molecular flexibility index (Phi) is 7.09. The molecule has 0 atom stereocenters. The first-order valence-electron chi connectivity index (χ1n) is 7.91. The molecule has 0 aliphatic rings. The summed E-state index contributed by atoms with van der Waals surface area (Å²) in [6.07, 6.45) is 1.67. The van der Waals surface area contributed by atoms with Crippen molar-refractivity contribution in [3.63, 3.8) is 0 Å². The molecule has 1 aromatic rings. The first-order valence-corrected chi connectivity index (χ1v) is 11.2. The van der Waals surface area contributed by atoms with Crippen LogP contribution in [0.25, 0.3) is 0 Å². The number of halogens is 1. The third-order valence-electron chi connectivity index (χ3n) is 4.52. The maximum atomic E-state index is 11.4. The van der Waals surface area contributed by atoms with Crippen LogP contribution in [-0.2, 0) is 0 Å². The van der Waals surface area contributed by atoms with Gasteiger partial charge in [0.05, 0.1) is 11.6 Å². The lowest BCUT2D eigenvalue weighted by molar-refractivity contribution is 0.252. The van der Waals surface area contributed by atoms with Gasteiger partial charge < -0.3 is 14.8 Å². The van der Waals surface area contributed by atoms with Crippen molar-refractivity contribution in [1.29, 1.82) is 0 Å². The molecule has 1 aromatic carbocycles. The number of carbonyl (C=O) groups excluding carboxylic acids is 1. The summed E-state index contributed by atoms with van der Waals surface area (Å²) in [6.45, 7) is 10.4. The SMILES string of the molecule is Cc1cc(Cl)c(OCCCC(C)(C)[Si](C)(C)O)cc1NC(=O)NN. The van der Waals surface area contributed by atoms with Gasteiger partial charge in [-0.15, -0.1) is 0 Å². The lowest BCUT2D eigenvalue weighted by Crippen LogP contribution is -2.39. The molecule has 0 spiro atoms. The summed E-state index contributed by atoms with van der Waals surface area (Å²) < 4.78 is 5.75. The molecular formula is C16H28ClN3O3Si. The average molecular weight is 374 g/mol. The number of nitrogens with one attached hydrogen (secondary N) is 2. The molecule has 1 rings (SSSR count). The normalized spacial score (nSPS) is 12.0. The summed E-state index contributed by atoms with van der Waals surface area (Å²) in [5.41, 5.74) is 3.41. The third-order valence-corrected chi connectivity index (χ3v) is 8.38. The maximum absolute atomic E-state index is 11.4. The quantitative estimate of drug-likeness (QED) is 0.192. The van der Waals surface area contributed by atoms with Crippen LogP contribution in [0.1, 0.15) is 32.3 Å². The van der Waals surface area contributed by atoms with Crippen molar-refractivity contribution in [1.82, 2.24) is 5.43 Å². The highest BCUT2D eigenvalue weighted by atomic mass is 35.5. The van der Waals surface area contributed by atoms with Gasteiger partial charge in [-0.3, -0.25) is 5.43 Å². The fourth-order valence-electron chi connectivity index (χ4n) is 2.06. The molecule has 0 aliphatic carbocycles. The number of carbonyl (C=O) groups is 1. The third kappa shape index (κ3) is 5.66. The molecule has 2 amide bonds. The zero-order valence-corrected chi connectivity index (χ0v) is 16.8. The van der Waals surface area contributed by atoms with Crippen LogP contribution < -0.4 is 21.3 Å². The lowest BCUT2D eigenvalue weighted by atomic mass is 10.1. The van der Waals surface area contributed by atoms with Crippen LogP contribution in [0.5, 0.6) is 5.75 Å². The first kappa shape index (κ1) is 20.8. The highest BCUT2D eigenvalue weighted by Gasteiger charge is 2.37. The van der Waals surface area contributed by atoms with Crippen LogP contribution >= 0.6 is 11.6 Å². The van der Waals surface area contributed by atoms with Crippen LogP contribution in [0.4, 0.5) is 10.5 Å². The predicted molar refractivity (Wildman–Crippen MR) is 101 cm³/mol. The number of aryl methyl sites for hydroxylation is 1. The van der Waals surface area contributed by atoms with Crippen molar-refractivity contribution in [3.05, 3.63) is 22.7 Å². The number of amides is 2. The van der Waals surface area contributed by atoms with E-state index >= 15 is 0 Å². The predicted octanol–water partition coefficient (Wildman–Crippen LogP) is 3.78. The van der Waals surface area contributed by atoms with E-state index in [4.69, 9.17) is 22.2 Å². The van der Waals surface area contributed by atoms with Gasteiger partial charge in [0.2, 0.25) is 0 Å². The van der Waals surface area contributed by atoms with E-state index in [1.165, 1.54) is 0 Å². The molecule has 6 nitrogen and oxygen atoms in total. The van der Waals surface area contributed by atoms with Gasteiger partial charge in [-0.1, -0.05) is 25.4 Å². The zero-order valence-electron chi connectivity index (χ0n) is 15.0. The first-order chi connectivity index (χ1) is 11.0. The number of nitrogens with two attached hydrogens (primary N) is 1. The van der Waals surface area contributed by atoms with Crippen LogP contribution in [0.3, 0.4) is 0 Å². The van der Waals surface area contributed by atoms with Gasteiger partial charge in [-0.05, 0) is 49.5 Å². The molecule has 5 N–H and O–H groups in total. The zero-order chi connectivity index (χ0) is 18.5. The van der Waals surface area contributed by atoms with E-state index < -0.39 is 14.3 Å². The van der Waals surface area contributed by atoms with Gasteiger partial charge in [0.1, 0.15) is 5.75 Å². The van der Waals surface area contributed by atoms with Gasteiger partial charge in [0, 0.05) is 11.8 Å². The van der Waals surface area contributed by atoms with Crippen molar-refractivity contribution >= 4 is 31.6 Å². The lowest BCUT2D eigenvalue weighted by Gasteiger charge is -2.35. The van der Waals surface area contributed by atoms with E-state index in [0.717, 1.165) is 18.4 Å². The molecule has 0 heterocycles. The van der Waals surface area contributed by atoms with Crippen molar-refractivity contribution < 1.29 is 14.3 Å². The molecule has 0 saturated heterocycles. The van der Waals surface area contributed by atoms with Gasteiger partial charge in [0.15, 0.2) is 8.32 Å². The number of hydrazine groups is 1. The summed E-state index contributed by atoms with van der Waals surface area (Å²) in [5, 5.41) is 3.03. The minimum absolute atomic E-state index is 0.0840. The molecule has 8 heteroatoms. The molecule has 0 aromatic heterocycles. The van der Waals surface area contributed by atoms with Crippen molar-refractivity contribution in [2.75, 3.05) is 11.9 Å². The van der Waals surface area contributed by atoms with Gasteiger partial charge >= 0.3 is 6.03 Å². The van der Waals surface area contributed by atoms with E-state index in [9.17, 15) is 9.59 Å². The molecule has 24 heavy (non-hydrogen) atoms. The highest BCUT2D eigenvalue weighted by Crippen LogP contribution is 2.40. The molecular weight excluding hydrogens is 346 g/mol. The molecule has 0 unspecified atom stereocenters. The van der Waals surface area contributed by atoms with Gasteiger partial charge in [-0.25, -0.2) is 10.6 Å².